The van der Waals surface area contributed by atoms with Crippen LogP contribution in [0.1, 0.15) is 182 Å². The van der Waals surface area contributed by atoms with Gasteiger partial charge in [0.25, 0.3) is 0 Å². The molecule has 0 unspecified atom stereocenters. The highest BCUT2D eigenvalue weighted by atomic mass is 16.5. The van der Waals surface area contributed by atoms with Crippen molar-refractivity contribution in [2.75, 3.05) is 39.6 Å². The van der Waals surface area contributed by atoms with Crippen molar-refractivity contribution in [2.45, 2.75) is 182 Å². The van der Waals surface area contributed by atoms with Gasteiger partial charge in [0.1, 0.15) is 0 Å². The number of carboxylic acids is 1. The first-order valence-electron chi connectivity index (χ1n) is 24.5. The summed E-state index contributed by atoms with van der Waals surface area (Å²) in [5.41, 5.74) is 0. The number of hydrogen-bond acceptors (Lipinski definition) is 7. The van der Waals surface area contributed by atoms with Crippen LogP contribution in [0.3, 0.4) is 0 Å². The van der Waals surface area contributed by atoms with Crippen molar-refractivity contribution in [3.63, 3.8) is 0 Å². The van der Waals surface area contributed by atoms with Gasteiger partial charge in [0.2, 0.25) is 0 Å². The van der Waals surface area contributed by atoms with E-state index >= 15 is 0 Å². The number of benzene rings is 4. The van der Waals surface area contributed by atoms with Gasteiger partial charge in [-0.2, -0.15) is 0 Å². The third-order valence-corrected chi connectivity index (χ3v) is 11.4. The fraction of sp³-hybridized carbons (Fsp3) is 0.642. The van der Waals surface area contributed by atoms with Crippen LogP contribution in [-0.4, -0.2) is 50.7 Å². The second-order valence-corrected chi connectivity index (χ2v) is 16.8. The van der Waals surface area contributed by atoms with Crippen LogP contribution in [0.15, 0.2) is 36.4 Å². The van der Waals surface area contributed by atoms with Crippen LogP contribution in [0.5, 0.6) is 34.5 Å². The summed E-state index contributed by atoms with van der Waals surface area (Å²) in [5.74, 6) is 3.62. The summed E-state index contributed by atoms with van der Waals surface area (Å²) in [4.78, 5) is 11.3. The summed E-state index contributed by atoms with van der Waals surface area (Å²) < 4.78 is 39.5. The van der Waals surface area contributed by atoms with Crippen LogP contribution >= 0.6 is 0 Å². The normalized spacial score (nSPS) is 11.4. The Morgan fingerprint density at radius 1 is 0.328 bits per heavy atom. The fourth-order valence-corrected chi connectivity index (χ4v) is 7.81. The Labute approximate surface area is 368 Å². The molecule has 340 valence electrons. The van der Waals surface area contributed by atoms with Crippen molar-refractivity contribution in [1.82, 2.24) is 0 Å². The molecule has 0 spiro atoms. The molecule has 0 aliphatic rings. The molecule has 0 aromatic heterocycles. The van der Waals surface area contributed by atoms with Crippen molar-refractivity contribution in [1.29, 1.82) is 0 Å². The molecule has 0 heterocycles. The minimum atomic E-state index is -0.790. The Morgan fingerprint density at radius 2 is 0.525 bits per heavy atom. The van der Waals surface area contributed by atoms with Crippen LogP contribution in [0, 0.1) is 0 Å². The van der Waals surface area contributed by atoms with Crippen LogP contribution in [0.25, 0.3) is 32.3 Å². The van der Waals surface area contributed by atoms with Crippen molar-refractivity contribution in [2.24, 2.45) is 0 Å². The van der Waals surface area contributed by atoms with E-state index in [1.807, 2.05) is 0 Å². The van der Waals surface area contributed by atoms with Crippen molar-refractivity contribution < 1.29 is 38.3 Å². The average Bonchev–Trinajstić information content (AvgIpc) is 3.26. The Bertz CT molecular complexity index is 1800. The lowest BCUT2D eigenvalue weighted by atomic mass is 9.93. The lowest BCUT2D eigenvalue weighted by Gasteiger charge is -2.21. The summed E-state index contributed by atoms with van der Waals surface area (Å²) in [5, 5.41) is 15.5. The number of rotatable bonds is 36. The molecule has 0 atom stereocenters. The van der Waals surface area contributed by atoms with E-state index in [1.165, 1.54) is 57.8 Å². The van der Waals surface area contributed by atoms with Crippen LogP contribution in [0.4, 0.5) is 0 Å². The van der Waals surface area contributed by atoms with Gasteiger partial charge in [-0.1, -0.05) is 131 Å². The van der Waals surface area contributed by atoms with Crippen molar-refractivity contribution in [3.05, 3.63) is 36.4 Å². The molecule has 8 nitrogen and oxygen atoms in total. The van der Waals surface area contributed by atoms with Gasteiger partial charge in [-0.05, 0) is 114 Å². The first kappa shape index (κ1) is 49.6. The Kier molecular flexibility index (Phi) is 23.8. The molecule has 1 N–H and O–H groups in total. The molecule has 0 radical (unpaired) electrons. The lowest BCUT2D eigenvalue weighted by molar-refractivity contribution is -0.137. The average molecular weight is 845 g/mol. The summed E-state index contributed by atoms with van der Waals surface area (Å²) in [6, 6.07) is 13.0. The number of fused-ring (bicyclic) bond motifs is 6. The molecule has 0 bridgehead atoms. The standard InChI is InChI=1S/C53H80O8/c1-6-11-16-22-29-56-47-35-41-42-36-48(57-30-23-17-12-7-2)50(59-32-25-19-14-9-4)38-44(42)46-40-52(61-34-27-21-28-53(54)55)51(60-33-26-20-15-10-5)39-45(46)43(41)37-49(47)58-31-24-18-13-8-3/h35-40H,6-34H2,1-5H3,(H,54,55). The summed E-state index contributed by atoms with van der Waals surface area (Å²) in [7, 11) is 0. The minimum Gasteiger partial charge on any atom is -0.490 e. The number of carboxylic acid groups (broad SMARTS) is 1. The van der Waals surface area contributed by atoms with E-state index in [0.717, 1.165) is 126 Å². The molecule has 61 heavy (non-hydrogen) atoms. The quantitative estimate of drug-likeness (QED) is 0.0357. The van der Waals surface area contributed by atoms with Crippen LogP contribution in [-0.2, 0) is 4.79 Å². The van der Waals surface area contributed by atoms with Gasteiger partial charge >= 0.3 is 5.97 Å². The van der Waals surface area contributed by atoms with E-state index in [4.69, 9.17) is 28.4 Å². The molecule has 4 rings (SSSR count). The molecule has 0 aliphatic carbocycles. The Balaban J connectivity index is 1.95. The van der Waals surface area contributed by atoms with Gasteiger partial charge in [0, 0.05) is 6.42 Å². The maximum Gasteiger partial charge on any atom is 0.303 e. The second kappa shape index (κ2) is 29.3. The lowest BCUT2D eigenvalue weighted by Crippen LogP contribution is -2.05. The van der Waals surface area contributed by atoms with Gasteiger partial charge < -0.3 is 33.5 Å². The van der Waals surface area contributed by atoms with Gasteiger partial charge in [0.15, 0.2) is 34.5 Å². The molecule has 8 heteroatoms. The Hall–Kier alpha value is -4.07. The smallest absolute Gasteiger partial charge is 0.303 e. The second-order valence-electron chi connectivity index (χ2n) is 16.8. The third kappa shape index (κ3) is 16.6. The maximum absolute atomic E-state index is 11.3. The van der Waals surface area contributed by atoms with Crippen LogP contribution < -0.4 is 28.4 Å². The van der Waals surface area contributed by atoms with E-state index in [1.54, 1.807) is 0 Å². The van der Waals surface area contributed by atoms with Gasteiger partial charge in [-0.3, -0.25) is 4.79 Å². The first-order valence-corrected chi connectivity index (χ1v) is 24.5. The molecular formula is C53H80O8. The highest BCUT2D eigenvalue weighted by molar-refractivity contribution is 6.26. The van der Waals surface area contributed by atoms with E-state index in [2.05, 4.69) is 71.0 Å². The zero-order valence-electron chi connectivity index (χ0n) is 38.8. The minimum absolute atomic E-state index is 0.121. The molecule has 0 aliphatic heterocycles. The van der Waals surface area contributed by atoms with Crippen molar-refractivity contribution >= 4 is 38.3 Å². The molecule has 0 amide bonds. The number of ether oxygens (including phenoxy) is 6. The highest BCUT2D eigenvalue weighted by Gasteiger charge is 2.21. The number of hydrogen-bond donors (Lipinski definition) is 1. The fourth-order valence-electron chi connectivity index (χ4n) is 7.81. The van der Waals surface area contributed by atoms with Crippen molar-refractivity contribution in [3.8, 4) is 34.5 Å². The van der Waals surface area contributed by atoms with Gasteiger partial charge in [0.05, 0.1) is 39.6 Å². The van der Waals surface area contributed by atoms with E-state index in [0.29, 0.717) is 64.0 Å². The number of unbranched alkanes of at least 4 members (excludes halogenated alkanes) is 16. The zero-order valence-corrected chi connectivity index (χ0v) is 38.8. The highest BCUT2D eigenvalue weighted by Crippen LogP contribution is 2.47. The number of carbonyl (C=O) groups is 1. The monoisotopic (exact) mass is 845 g/mol. The molecule has 0 saturated carbocycles. The first-order chi connectivity index (χ1) is 29.9. The van der Waals surface area contributed by atoms with Gasteiger partial charge in [-0.25, -0.2) is 0 Å². The van der Waals surface area contributed by atoms with E-state index < -0.39 is 5.97 Å². The molecular weight excluding hydrogens is 765 g/mol. The summed E-state index contributed by atoms with van der Waals surface area (Å²) in [6.07, 6.45) is 23.6. The molecule has 0 fully saturated rings. The van der Waals surface area contributed by atoms with E-state index in [9.17, 15) is 9.90 Å². The predicted octanol–water partition coefficient (Wildman–Crippen LogP) is 15.6. The molecule has 4 aromatic rings. The SMILES string of the molecule is CCCCCCOc1cc2c3cc(OCCCCCC)c(OCCCCCC)cc3c3cc(OCCCCC(=O)O)c(OCCCCCC)cc3c2cc1OCCCCCC. The van der Waals surface area contributed by atoms with Gasteiger partial charge in [-0.15, -0.1) is 0 Å². The summed E-state index contributed by atoms with van der Waals surface area (Å²) >= 11 is 0. The Morgan fingerprint density at radius 3 is 0.705 bits per heavy atom. The number of aliphatic carboxylic acids is 1. The van der Waals surface area contributed by atoms with E-state index in [-0.39, 0.29) is 6.42 Å². The largest absolute Gasteiger partial charge is 0.490 e. The molecule has 0 saturated heterocycles. The predicted molar refractivity (Wildman–Crippen MR) is 254 cm³/mol. The maximum atomic E-state index is 11.3. The summed E-state index contributed by atoms with van der Waals surface area (Å²) in [6.45, 7) is 14.6. The van der Waals surface area contributed by atoms with Crippen LogP contribution in [0.2, 0.25) is 0 Å². The molecule has 4 aromatic carbocycles. The third-order valence-electron chi connectivity index (χ3n) is 11.4. The topological polar surface area (TPSA) is 92.7 Å². The zero-order chi connectivity index (χ0) is 43.5.